The van der Waals surface area contributed by atoms with Gasteiger partial charge in [-0.1, -0.05) is 43.1 Å². The molecule has 0 bridgehead atoms. The number of halogens is 1. The minimum absolute atomic E-state index is 0.469. The van der Waals surface area contributed by atoms with Crippen LogP contribution >= 0.6 is 15.9 Å². The Labute approximate surface area is 91.4 Å². The largest absolute Gasteiger partial charge is 0.385 e. The summed E-state index contributed by atoms with van der Waals surface area (Å²) in [6.07, 6.45) is 5.02. The summed E-state index contributed by atoms with van der Waals surface area (Å²) in [5, 5.41) is 0. The quantitative estimate of drug-likeness (QED) is 0.491. The fourth-order valence-electron chi connectivity index (χ4n) is 1.71. The fourth-order valence-corrected chi connectivity index (χ4v) is 2.59. The van der Waals surface area contributed by atoms with Crippen LogP contribution in [0.4, 0.5) is 0 Å². The summed E-state index contributed by atoms with van der Waals surface area (Å²) >= 11 is 3.61. The van der Waals surface area contributed by atoms with E-state index >= 15 is 0 Å². The second-order valence-electron chi connectivity index (χ2n) is 4.60. The summed E-state index contributed by atoms with van der Waals surface area (Å²) in [5.74, 6) is 0. The summed E-state index contributed by atoms with van der Waals surface area (Å²) in [7, 11) is 1.77. The topological polar surface area (TPSA) is 9.23 Å². The second kappa shape index (κ2) is 6.83. The van der Waals surface area contributed by atoms with E-state index in [0.29, 0.717) is 10.2 Å². The number of hydrogen-bond acceptors (Lipinski definition) is 1. The highest BCUT2D eigenvalue weighted by Crippen LogP contribution is 2.30. The van der Waals surface area contributed by atoms with Crippen LogP contribution in [0.1, 0.15) is 46.5 Å². The van der Waals surface area contributed by atoms with Crippen molar-refractivity contribution in [3.05, 3.63) is 0 Å². The molecule has 0 spiro atoms. The maximum Gasteiger partial charge on any atom is 0.0462 e. The normalized spacial score (nSPS) is 14.5. The van der Waals surface area contributed by atoms with Crippen LogP contribution in [-0.4, -0.2) is 18.5 Å². The van der Waals surface area contributed by atoms with E-state index in [9.17, 15) is 0 Å². The third-order valence-corrected chi connectivity index (χ3v) is 2.61. The maximum absolute atomic E-state index is 5.03. The van der Waals surface area contributed by atoms with E-state index in [0.717, 1.165) is 6.61 Å². The molecule has 1 unspecified atom stereocenters. The Morgan fingerprint density at radius 3 is 2.38 bits per heavy atom. The van der Waals surface area contributed by atoms with Crippen molar-refractivity contribution in [2.45, 2.75) is 51.3 Å². The average molecular weight is 251 g/mol. The first-order valence-electron chi connectivity index (χ1n) is 5.11. The molecule has 0 amide bonds. The molecule has 13 heavy (non-hydrogen) atoms. The van der Waals surface area contributed by atoms with E-state index in [4.69, 9.17) is 4.74 Å². The first-order valence-corrected chi connectivity index (χ1v) is 6.02. The molecule has 0 aromatic rings. The summed E-state index contributed by atoms with van der Waals surface area (Å²) in [4.78, 5) is 0.630. The van der Waals surface area contributed by atoms with Gasteiger partial charge in [-0.2, -0.15) is 0 Å². The maximum atomic E-state index is 5.03. The lowest BCUT2D eigenvalue weighted by Crippen LogP contribution is -2.15. The van der Waals surface area contributed by atoms with Crippen molar-refractivity contribution < 1.29 is 4.74 Å². The van der Waals surface area contributed by atoms with Gasteiger partial charge in [-0.05, 0) is 24.7 Å². The van der Waals surface area contributed by atoms with Gasteiger partial charge in [-0.15, -0.1) is 0 Å². The molecule has 0 N–H and O–H groups in total. The van der Waals surface area contributed by atoms with E-state index in [1.807, 2.05) is 0 Å². The van der Waals surface area contributed by atoms with Gasteiger partial charge >= 0.3 is 0 Å². The van der Waals surface area contributed by atoms with Crippen LogP contribution in [0, 0.1) is 5.41 Å². The lowest BCUT2D eigenvalue weighted by atomic mass is 9.83. The van der Waals surface area contributed by atoms with Crippen molar-refractivity contribution in [1.82, 2.24) is 0 Å². The molecule has 2 heteroatoms. The van der Waals surface area contributed by atoms with E-state index in [1.165, 1.54) is 25.7 Å². The SMILES string of the molecule is COCCCCC(C)(C)CC(C)Br. The van der Waals surface area contributed by atoms with Crippen molar-refractivity contribution in [3.63, 3.8) is 0 Å². The van der Waals surface area contributed by atoms with Crippen LogP contribution in [-0.2, 0) is 4.74 Å². The first-order chi connectivity index (χ1) is 5.98. The van der Waals surface area contributed by atoms with Crippen LogP contribution in [0.2, 0.25) is 0 Å². The second-order valence-corrected chi connectivity index (χ2v) is 6.16. The summed E-state index contributed by atoms with van der Waals surface area (Å²) in [6, 6.07) is 0. The Bertz CT molecular complexity index is 121. The molecule has 0 aliphatic heterocycles. The Kier molecular flexibility index (Phi) is 7.06. The number of methoxy groups -OCH3 is 1. The molecule has 0 aromatic carbocycles. The fraction of sp³-hybridized carbons (Fsp3) is 1.00. The number of hydrogen-bond donors (Lipinski definition) is 0. The Hall–Kier alpha value is 0.440. The minimum atomic E-state index is 0.469. The molecule has 0 heterocycles. The number of alkyl halides is 1. The van der Waals surface area contributed by atoms with Crippen molar-refractivity contribution in [1.29, 1.82) is 0 Å². The van der Waals surface area contributed by atoms with Crippen LogP contribution in [0.25, 0.3) is 0 Å². The van der Waals surface area contributed by atoms with Crippen LogP contribution in [0.5, 0.6) is 0 Å². The third kappa shape index (κ3) is 8.76. The molecular formula is C11H23BrO. The highest BCUT2D eigenvalue weighted by atomic mass is 79.9. The van der Waals surface area contributed by atoms with Gasteiger partial charge in [0.2, 0.25) is 0 Å². The zero-order valence-corrected chi connectivity index (χ0v) is 11.0. The van der Waals surface area contributed by atoms with Crippen molar-refractivity contribution >= 4 is 15.9 Å². The summed E-state index contributed by atoms with van der Waals surface area (Å²) in [5.41, 5.74) is 0.469. The van der Waals surface area contributed by atoms with Crippen LogP contribution in [0.3, 0.4) is 0 Å². The lowest BCUT2D eigenvalue weighted by molar-refractivity contribution is 0.184. The van der Waals surface area contributed by atoms with Gasteiger partial charge in [0.15, 0.2) is 0 Å². The number of unbranched alkanes of at least 4 members (excludes halogenated alkanes) is 1. The Balaban J connectivity index is 3.50. The van der Waals surface area contributed by atoms with E-state index < -0.39 is 0 Å². The van der Waals surface area contributed by atoms with Gasteiger partial charge in [-0.25, -0.2) is 0 Å². The molecule has 0 aliphatic rings. The number of ether oxygens (including phenoxy) is 1. The average Bonchev–Trinajstić information content (AvgIpc) is 1.95. The van der Waals surface area contributed by atoms with Gasteiger partial charge < -0.3 is 4.74 Å². The lowest BCUT2D eigenvalue weighted by Gasteiger charge is -2.25. The van der Waals surface area contributed by atoms with E-state index in [2.05, 4.69) is 36.7 Å². The van der Waals surface area contributed by atoms with Crippen molar-refractivity contribution in [3.8, 4) is 0 Å². The molecule has 0 aromatic heterocycles. The molecule has 0 radical (unpaired) electrons. The molecule has 1 atom stereocenters. The predicted octanol–water partition coefficient (Wildman–Crippen LogP) is 4.00. The van der Waals surface area contributed by atoms with Gasteiger partial charge in [-0.3, -0.25) is 0 Å². The zero-order valence-electron chi connectivity index (χ0n) is 9.40. The van der Waals surface area contributed by atoms with Gasteiger partial charge in [0.05, 0.1) is 0 Å². The van der Waals surface area contributed by atoms with Gasteiger partial charge in [0.1, 0.15) is 0 Å². The molecule has 80 valence electrons. The molecule has 0 rings (SSSR count). The smallest absolute Gasteiger partial charge is 0.0462 e. The van der Waals surface area contributed by atoms with E-state index in [-0.39, 0.29) is 0 Å². The molecular weight excluding hydrogens is 228 g/mol. The molecule has 0 saturated heterocycles. The molecule has 0 saturated carbocycles. The Morgan fingerprint density at radius 2 is 1.92 bits per heavy atom. The highest BCUT2D eigenvalue weighted by molar-refractivity contribution is 9.09. The van der Waals surface area contributed by atoms with Crippen molar-refractivity contribution in [2.75, 3.05) is 13.7 Å². The first kappa shape index (κ1) is 13.4. The van der Waals surface area contributed by atoms with Crippen LogP contribution < -0.4 is 0 Å². The van der Waals surface area contributed by atoms with E-state index in [1.54, 1.807) is 7.11 Å². The Morgan fingerprint density at radius 1 is 1.31 bits per heavy atom. The third-order valence-electron chi connectivity index (χ3n) is 2.29. The predicted molar refractivity (Wildman–Crippen MR) is 62.5 cm³/mol. The molecule has 1 nitrogen and oxygen atoms in total. The summed E-state index contributed by atoms with van der Waals surface area (Å²) < 4.78 is 5.03. The molecule has 0 fully saturated rings. The zero-order chi connectivity index (χ0) is 10.3. The minimum Gasteiger partial charge on any atom is -0.385 e. The van der Waals surface area contributed by atoms with Gasteiger partial charge in [0.25, 0.3) is 0 Å². The standard InChI is InChI=1S/C11H23BrO/c1-10(12)9-11(2,3)7-5-6-8-13-4/h10H,5-9H2,1-4H3. The monoisotopic (exact) mass is 250 g/mol. The number of rotatable bonds is 7. The highest BCUT2D eigenvalue weighted by Gasteiger charge is 2.19. The van der Waals surface area contributed by atoms with Crippen molar-refractivity contribution in [2.24, 2.45) is 5.41 Å². The molecule has 0 aliphatic carbocycles. The van der Waals surface area contributed by atoms with Crippen LogP contribution in [0.15, 0.2) is 0 Å². The van der Waals surface area contributed by atoms with Gasteiger partial charge in [0, 0.05) is 18.5 Å². The summed E-state index contributed by atoms with van der Waals surface area (Å²) in [6.45, 7) is 7.81.